The topological polar surface area (TPSA) is 93.6 Å². The van der Waals surface area contributed by atoms with Crippen molar-refractivity contribution in [3.8, 4) is 34.2 Å². The van der Waals surface area contributed by atoms with Crippen molar-refractivity contribution in [2.45, 2.75) is 38.8 Å². The van der Waals surface area contributed by atoms with E-state index in [1.807, 2.05) is 49.4 Å². The van der Waals surface area contributed by atoms with Crippen molar-refractivity contribution >= 4 is 5.65 Å². The Labute approximate surface area is 221 Å². The summed E-state index contributed by atoms with van der Waals surface area (Å²) in [5, 5.41) is 17.5. The fourth-order valence-corrected chi connectivity index (χ4v) is 5.36. The Morgan fingerprint density at radius 1 is 1.13 bits per heavy atom. The molecule has 4 aromatic rings. The van der Waals surface area contributed by atoms with Gasteiger partial charge in [0.05, 0.1) is 36.6 Å². The molecule has 0 radical (unpaired) electrons. The molecule has 2 aromatic carbocycles. The quantitative estimate of drug-likeness (QED) is 0.402. The fraction of sp³-hybridized carbons (Fsp3) is 0.367. The lowest BCUT2D eigenvalue weighted by molar-refractivity contribution is 0.0931. The highest BCUT2D eigenvalue weighted by Crippen LogP contribution is 2.37. The molecule has 0 aliphatic carbocycles. The first-order valence-electron chi connectivity index (χ1n) is 13.3. The molecule has 0 spiro atoms. The number of aromatic nitrogens is 3. The summed E-state index contributed by atoms with van der Waals surface area (Å²) in [6.07, 6.45) is 2.95. The van der Waals surface area contributed by atoms with Crippen LogP contribution in [0.4, 0.5) is 0 Å². The van der Waals surface area contributed by atoms with Crippen LogP contribution in [0.3, 0.4) is 0 Å². The molecule has 2 aromatic heterocycles. The van der Waals surface area contributed by atoms with Crippen molar-refractivity contribution < 1.29 is 9.47 Å². The van der Waals surface area contributed by atoms with Crippen LogP contribution in [0.25, 0.3) is 28.0 Å². The first-order valence-corrected chi connectivity index (χ1v) is 13.3. The average Bonchev–Trinajstić information content (AvgIpc) is 3.71. The molecule has 1 N–H and O–H groups in total. The second kappa shape index (κ2) is 10.4. The van der Waals surface area contributed by atoms with Crippen LogP contribution in [0.1, 0.15) is 30.4 Å². The van der Waals surface area contributed by atoms with Crippen LogP contribution in [0, 0.1) is 24.2 Å². The van der Waals surface area contributed by atoms with Gasteiger partial charge in [-0.2, -0.15) is 5.26 Å². The van der Waals surface area contributed by atoms with Crippen molar-refractivity contribution in [2.75, 3.05) is 26.3 Å². The second-order valence-corrected chi connectivity index (χ2v) is 10.3. The molecule has 38 heavy (non-hydrogen) atoms. The highest BCUT2D eigenvalue weighted by atomic mass is 16.5. The lowest BCUT2D eigenvalue weighted by atomic mass is 9.97. The van der Waals surface area contributed by atoms with Crippen LogP contribution in [-0.4, -0.2) is 46.6 Å². The van der Waals surface area contributed by atoms with E-state index in [1.54, 1.807) is 16.5 Å². The van der Waals surface area contributed by atoms with E-state index in [-0.39, 0.29) is 11.8 Å². The normalized spacial score (nSPS) is 19.2. The predicted octanol–water partition coefficient (Wildman–Crippen LogP) is 4.18. The van der Waals surface area contributed by atoms with Crippen LogP contribution < -0.4 is 15.7 Å². The first-order chi connectivity index (χ1) is 18.6. The summed E-state index contributed by atoms with van der Waals surface area (Å²) in [5.74, 6) is 0.987. The highest BCUT2D eigenvalue weighted by molar-refractivity contribution is 5.85. The molecule has 2 aliphatic rings. The van der Waals surface area contributed by atoms with Crippen molar-refractivity contribution in [3.05, 3.63) is 76.2 Å². The minimum absolute atomic E-state index is 0.0210. The third-order valence-corrected chi connectivity index (χ3v) is 7.50. The van der Waals surface area contributed by atoms with Crippen LogP contribution in [0.15, 0.2) is 59.4 Å². The SMILES string of the molecule is Cc1ccc(-c2c(-c3ccc(C#N)cc3)cc(OC[C@@H]3CCNC3)c3nn(CC4CCCO4)c(=O)n23)cc1. The van der Waals surface area contributed by atoms with Gasteiger partial charge >= 0.3 is 5.69 Å². The molecular weight excluding hydrogens is 478 g/mol. The number of nitrogens with one attached hydrogen (secondary N) is 1. The van der Waals surface area contributed by atoms with Gasteiger partial charge in [0.2, 0.25) is 5.65 Å². The Balaban J connectivity index is 1.57. The van der Waals surface area contributed by atoms with Gasteiger partial charge < -0.3 is 14.8 Å². The number of nitrogens with zero attached hydrogens (tertiary/aromatic N) is 4. The van der Waals surface area contributed by atoms with Crippen LogP contribution in [0.2, 0.25) is 0 Å². The lowest BCUT2D eigenvalue weighted by Crippen LogP contribution is -2.27. The van der Waals surface area contributed by atoms with Gasteiger partial charge in [0.25, 0.3) is 0 Å². The Hall–Kier alpha value is -3.93. The largest absolute Gasteiger partial charge is 0.489 e. The Kier molecular flexibility index (Phi) is 6.71. The molecule has 2 atom stereocenters. The summed E-state index contributed by atoms with van der Waals surface area (Å²) in [6.45, 7) is 5.62. The van der Waals surface area contributed by atoms with Gasteiger partial charge in [-0.1, -0.05) is 42.0 Å². The van der Waals surface area contributed by atoms with Gasteiger partial charge in [-0.05, 0) is 62.1 Å². The molecule has 4 heterocycles. The number of benzene rings is 2. The number of ether oxygens (including phenoxy) is 2. The molecule has 0 amide bonds. The molecule has 2 aliphatic heterocycles. The molecule has 2 fully saturated rings. The number of rotatable bonds is 7. The molecule has 194 valence electrons. The minimum Gasteiger partial charge on any atom is -0.489 e. The summed E-state index contributed by atoms with van der Waals surface area (Å²) in [6, 6.07) is 19.8. The summed E-state index contributed by atoms with van der Waals surface area (Å²) >= 11 is 0. The molecule has 0 saturated carbocycles. The third-order valence-electron chi connectivity index (χ3n) is 7.50. The van der Waals surface area contributed by atoms with Gasteiger partial charge in [0.1, 0.15) is 0 Å². The Morgan fingerprint density at radius 3 is 2.61 bits per heavy atom. The molecule has 8 nitrogen and oxygen atoms in total. The lowest BCUT2D eigenvalue weighted by Gasteiger charge is -2.17. The molecule has 8 heteroatoms. The number of fused-ring (bicyclic) bond motifs is 1. The second-order valence-electron chi connectivity index (χ2n) is 10.3. The fourth-order valence-electron chi connectivity index (χ4n) is 5.36. The van der Waals surface area contributed by atoms with Gasteiger partial charge in [-0.15, -0.1) is 5.10 Å². The molecule has 0 bridgehead atoms. The minimum atomic E-state index is -0.214. The maximum Gasteiger partial charge on any atom is 0.351 e. The summed E-state index contributed by atoms with van der Waals surface area (Å²) in [4.78, 5) is 14.0. The van der Waals surface area contributed by atoms with E-state index in [0.717, 1.165) is 60.3 Å². The number of hydrogen-bond acceptors (Lipinski definition) is 6. The first kappa shape index (κ1) is 24.4. The van der Waals surface area contributed by atoms with Gasteiger partial charge in [-0.25, -0.2) is 13.9 Å². The smallest absolute Gasteiger partial charge is 0.351 e. The number of nitriles is 1. The number of aryl methyl sites for hydroxylation is 1. The van der Waals surface area contributed by atoms with E-state index in [9.17, 15) is 10.1 Å². The van der Waals surface area contributed by atoms with E-state index >= 15 is 0 Å². The molecular formula is C30H31N5O3. The van der Waals surface area contributed by atoms with E-state index in [0.29, 0.717) is 42.6 Å². The molecule has 1 unspecified atom stereocenters. The summed E-state index contributed by atoms with van der Waals surface area (Å²) < 4.78 is 15.4. The number of hydrogen-bond donors (Lipinski definition) is 1. The number of pyridine rings is 1. The van der Waals surface area contributed by atoms with Gasteiger partial charge in [-0.3, -0.25) is 0 Å². The van der Waals surface area contributed by atoms with E-state index < -0.39 is 0 Å². The van der Waals surface area contributed by atoms with E-state index in [4.69, 9.17) is 14.6 Å². The Bertz CT molecular complexity index is 1530. The highest BCUT2D eigenvalue weighted by Gasteiger charge is 2.25. The van der Waals surface area contributed by atoms with Gasteiger partial charge in [0, 0.05) is 24.6 Å². The third kappa shape index (κ3) is 4.71. The van der Waals surface area contributed by atoms with Crippen molar-refractivity contribution in [2.24, 2.45) is 5.92 Å². The maximum atomic E-state index is 14.0. The average molecular weight is 510 g/mol. The molecule has 6 rings (SSSR count). The van der Waals surface area contributed by atoms with Crippen molar-refractivity contribution in [1.82, 2.24) is 19.5 Å². The van der Waals surface area contributed by atoms with E-state index in [1.165, 1.54) is 4.68 Å². The van der Waals surface area contributed by atoms with E-state index in [2.05, 4.69) is 11.4 Å². The van der Waals surface area contributed by atoms with Crippen molar-refractivity contribution in [3.63, 3.8) is 0 Å². The monoisotopic (exact) mass is 509 g/mol. The van der Waals surface area contributed by atoms with Crippen molar-refractivity contribution in [1.29, 1.82) is 5.26 Å². The Morgan fingerprint density at radius 2 is 1.92 bits per heavy atom. The zero-order valence-electron chi connectivity index (χ0n) is 21.5. The summed E-state index contributed by atoms with van der Waals surface area (Å²) in [5.41, 5.74) is 5.42. The zero-order chi connectivity index (χ0) is 26.1. The van der Waals surface area contributed by atoms with Crippen LogP contribution >= 0.6 is 0 Å². The van der Waals surface area contributed by atoms with Crippen LogP contribution in [-0.2, 0) is 11.3 Å². The predicted molar refractivity (Wildman–Crippen MR) is 145 cm³/mol. The standard InChI is InChI=1S/C30H31N5O3/c1-20-4-8-24(9-5-20)28-26(23-10-6-21(16-31)7-11-23)15-27(38-19-22-12-13-32-17-22)29-33-34(30(36)35(28)29)18-25-3-2-14-37-25/h4-11,15,22,25,32H,2-3,12-14,17-19H2,1H3/t22-,25?/m1/s1. The van der Waals surface area contributed by atoms with Gasteiger partial charge in [0.15, 0.2) is 5.75 Å². The van der Waals surface area contributed by atoms with Crippen LogP contribution in [0.5, 0.6) is 5.75 Å². The zero-order valence-corrected chi connectivity index (χ0v) is 21.5. The summed E-state index contributed by atoms with van der Waals surface area (Å²) in [7, 11) is 0. The molecule has 2 saturated heterocycles. The maximum absolute atomic E-state index is 14.0.